The van der Waals surface area contributed by atoms with E-state index in [9.17, 15) is 8.78 Å². The van der Waals surface area contributed by atoms with Gasteiger partial charge < -0.3 is 10.4 Å². The van der Waals surface area contributed by atoms with Gasteiger partial charge in [-0.25, -0.2) is 8.78 Å². The molecule has 0 radical (unpaired) electrons. The van der Waals surface area contributed by atoms with E-state index in [-0.39, 0.29) is 6.04 Å². The molecule has 1 aliphatic carbocycles. The van der Waals surface area contributed by atoms with Crippen LogP contribution in [0.1, 0.15) is 46.0 Å². The highest BCUT2D eigenvalue weighted by Crippen LogP contribution is 2.33. The van der Waals surface area contributed by atoms with Crippen molar-refractivity contribution in [1.29, 1.82) is 0 Å². The Morgan fingerprint density at radius 2 is 2.00 bits per heavy atom. The maximum absolute atomic E-state index is 12.8. The second-order valence-corrected chi connectivity index (χ2v) is 5.69. The highest BCUT2D eigenvalue weighted by atomic mass is 19.3. The maximum atomic E-state index is 12.8. The van der Waals surface area contributed by atoms with Crippen molar-refractivity contribution >= 4 is 0 Å². The Hall–Kier alpha value is -0.220. The smallest absolute Gasteiger partial charge is 0.282 e. The molecule has 2 N–H and O–H groups in total. The second-order valence-electron chi connectivity index (χ2n) is 5.69. The van der Waals surface area contributed by atoms with E-state index in [0.29, 0.717) is 5.41 Å². The molecule has 16 heavy (non-hydrogen) atoms. The van der Waals surface area contributed by atoms with Crippen LogP contribution in [0.3, 0.4) is 0 Å². The first kappa shape index (κ1) is 13.8. The third kappa shape index (κ3) is 4.74. The van der Waals surface area contributed by atoms with Gasteiger partial charge in [-0.15, -0.1) is 0 Å². The summed E-state index contributed by atoms with van der Waals surface area (Å²) >= 11 is 0. The van der Waals surface area contributed by atoms with Gasteiger partial charge in [-0.3, -0.25) is 0 Å². The zero-order valence-electron chi connectivity index (χ0n) is 10.2. The molecular weight excluding hydrogens is 212 g/mol. The minimum Gasteiger partial charge on any atom is -0.390 e. The van der Waals surface area contributed by atoms with Gasteiger partial charge in [0, 0.05) is 6.04 Å². The minimum absolute atomic E-state index is 0.180. The monoisotopic (exact) mass is 235 g/mol. The fraction of sp³-hybridized carbons (Fsp3) is 1.00. The fourth-order valence-corrected chi connectivity index (χ4v) is 2.22. The molecule has 96 valence electrons. The maximum Gasteiger partial charge on any atom is 0.282 e. The normalized spacial score (nSPS) is 26.4. The largest absolute Gasteiger partial charge is 0.390 e. The van der Waals surface area contributed by atoms with Gasteiger partial charge in [0.15, 0.2) is 0 Å². The topological polar surface area (TPSA) is 32.3 Å². The quantitative estimate of drug-likeness (QED) is 0.734. The Balaban J connectivity index is 2.33. The molecule has 1 unspecified atom stereocenters. The average Bonchev–Trinajstić information content (AvgIpc) is 2.37. The summed E-state index contributed by atoms with van der Waals surface area (Å²) in [5, 5.41) is 11.4. The number of hydrogen-bond donors (Lipinski definition) is 2. The van der Waals surface area contributed by atoms with Crippen molar-refractivity contribution in [3.63, 3.8) is 0 Å². The Morgan fingerprint density at radius 3 is 2.62 bits per heavy atom. The summed E-state index contributed by atoms with van der Waals surface area (Å²) in [4.78, 5) is 0. The average molecular weight is 235 g/mol. The van der Waals surface area contributed by atoms with Gasteiger partial charge in [0.1, 0.15) is 6.61 Å². The number of nitrogens with one attached hydrogen (secondary N) is 1. The van der Waals surface area contributed by atoms with Gasteiger partial charge >= 0.3 is 0 Å². The van der Waals surface area contributed by atoms with E-state index in [1.54, 1.807) is 0 Å². The summed E-state index contributed by atoms with van der Waals surface area (Å²) in [7, 11) is 0. The molecule has 0 aliphatic heterocycles. The molecule has 0 saturated heterocycles. The van der Waals surface area contributed by atoms with Crippen LogP contribution < -0.4 is 5.32 Å². The molecule has 0 spiro atoms. The molecule has 2 nitrogen and oxygen atoms in total. The number of halogens is 2. The lowest BCUT2D eigenvalue weighted by atomic mass is 9.85. The first-order chi connectivity index (χ1) is 7.35. The van der Waals surface area contributed by atoms with Crippen LogP contribution in [0.25, 0.3) is 0 Å². The van der Waals surface area contributed by atoms with Crippen LogP contribution in [0, 0.1) is 5.41 Å². The van der Waals surface area contributed by atoms with Crippen molar-refractivity contribution in [3.8, 4) is 0 Å². The van der Waals surface area contributed by atoms with Crippen molar-refractivity contribution in [2.45, 2.75) is 57.9 Å². The minimum atomic E-state index is -2.98. The number of rotatable bonds is 4. The van der Waals surface area contributed by atoms with E-state index in [0.717, 1.165) is 25.7 Å². The molecule has 0 bridgehead atoms. The van der Waals surface area contributed by atoms with Crippen LogP contribution in [0.15, 0.2) is 0 Å². The fourth-order valence-electron chi connectivity index (χ4n) is 2.22. The first-order valence-corrected chi connectivity index (χ1v) is 6.07. The van der Waals surface area contributed by atoms with Crippen LogP contribution in [0.2, 0.25) is 0 Å². The Morgan fingerprint density at radius 1 is 1.31 bits per heavy atom. The van der Waals surface area contributed by atoms with Gasteiger partial charge in [0.2, 0.25) is 0 Å². The van der Waals surface area contributed by atoms with Crippen LogP contribution >= 0.6 is 0 Å². The molecule has 4 heteroatoms. The van der Waals surface area contributed by atoms with Gasteiger partial charge in [0.25, 0.3) is 5.92 Å². The highest BCUT2D eigenvalue weighted by Gasteiger charge is 2.30. The standard InChI is InChI=1S/C12H23F2NO/c1-11(2)6-3-4-10(5-7-11)15-8-12(13,14)9-16/h10,15-16H,3-9H2,1-2H3. The molecule has 0 heterocycles. The predicted molar refractivity (Wildman–Crippen MR) is 60.7 cm³/mol. The Labute approximate surface area is 96.4 Å². The summed E-state index contributed by atoms with van der Waals surface area (Å²) in [6.45, 7) is 2.99. The summed E-state index contributed by atoms with van der Waals surface area (Å²) in [5.41, 5.74) is 0.343. The molecule has 1 aliphatic rings. The van der Waals surface area contributed by atoms with E-state index in [2.05, 4.69) is 19.2 Å². The van der Waals surface area contributed by atoms with Gasteiger partial charge in [0.05, 0.1) is 6.54 Å². The molecule has 0 amide bonds. The van der Waals surface area contributed by atoms with E-state index in [1.807, 2.05) is 0 Å². The number of alkyl halides is 2. The van der Waals surface area contributed by atoms with E-state index < -0.39 is 19.1 Å². The van der Waals surface area contributed by atoms with Crippen molar-refractivity contribution in [2.24, 2.45) is 5.41 Å². The lowest BCUT2D eigenvalue weighted by Gasteiger charge is -2.23. The van der Waals surface area contributed by atoms with E-state index in [4.69, 9.17) is 5.11 Å². The van der Waals surface area contributed by atoms with E-state index >= 15 is 0 Å². The molecule has 0 aromatic rings. The van der Waals surface area contributed by atoms with Crippen molar-refractivity contribution < 1.29 is 13.9 Å². The Kier molecular flexibility index (Phi) is 4.68. The lowest BCUT2D eigenvalue weighted by molar-refractivity contribution is -0.0496. The summed E-state index contributed by atoms with van der Waals surface area (Å²) in [6.07, 6.45) is 5.26. The lowest BCUT2D eigenvalue weighted by Crippen LogP contribution is -2.41. The van der Waals surface area contributed by atoms with Gasteiger partial charge in [-0.1, -0.05) is 20.3 Å². The molecule has 0 aromatic heterocycles. The van der Waals surface area contributed by atoms with Crippen molar-refractivity contribution in [1.82, 2.24) is 5.32 Å². The van der Waals surface area contributed by atoms with E-state index in [1.165, 1.54) is 6.42 Å². The van der Waals surface area contributed by atoms with Crippen molar-refractivity contribution in [2.75, 3.05) is 13.2 Å². The summed E-state index contributed by atoms with van der Waals surface area (Å²) in [5.74, 6) is -2.98. The molecule has 1 fully saturated rings. The van der Waals surface area contributed by atoms with Crippen LogP contribution in [0.5, 0.6) is 0 Å². The van der Waals surface area contributed by atoms with Gasteiger partial charge in [-0.05, 0) is 31.1 Å². The highest BCUT2D eigenvalue weighted by molar-refractivity contribution is 4.81. The van der Waals surface area contributed by atoms with Crippen molar-refractivity contribution in [3.05, 3.63) is 0 Å². The molecular formula is C12H23F2NO. The summed E-state index contributed by atoms with van der Waals surface area (Å²) < 4.78 is 25.7. The number of aliphatic hydroxyl groups is 1. The van der Waals surface area contributed by atoms with Crippen LogP contribution in [-0.4, -0.2) is 30.2 Å². The SMILES string of the molecule is CC1(C)CCCC(NCC(F)(F)CO)CC1. The van der Waals surface area contributed by atoms with Gasteiger partial charge in [-0.2, -0.15) is 0 Å². The third-order valence-electron chi connectivity index (χ3n) is 3.46. The summed E-state index contributed by atoms with van der Waals surface area (Å²) in [6, 6.07) is 0.180. The van der Waals surface area contributed by atoms with Crippen LogP contribution in [-0.2, 0) is 0 Å². The third-order valence-corrected chi connectivity index (χ3v) is 3.46. The zero-order chi connectivity index (χ0) is 12.2. The molecule has 1 atom stereocenters. The molecule has 1 rings (SSSR count). The number of aliphatic hydroxyl groups excluding tert-OH is 1. The molecule has 1 saturated carbocycles. The molecule has 0 aromatic carbocycles. The van der Waals surface area contributed by atoms with Crippen LogP contribution in [0.4, 0.5) is 8.78 Å². The number of hydrogen-bond acceptors (Lipinski definition) is 2. The predicted octanol–water partition coefficient (Wildman–Crippen LogP) is 2.56. The Bertz CT molecular complexity index is 219. The first-order valence-electron chi connectivity index (χ1n) is 6.07. The zero-order valence-corrected chi connectivity index (χ0v) is 10.2. The second kappa shape index (κ2) is 5.41.